The van der Waals surface area contributed by atoms with E-state index in [0.717, 1.165) is 42.8 Å². The summed E-state index contributed by atoms with van der Waals surface area (Å²) >= 11 is 0. The second kappa shape index (κ2) is 7.24. The maximum atomic E-state index is 11.0. The number of benzene rings is 2. The first-order valence-corrected chi connectivity index (χ1v) is 8.96. The molecule has 0 radical (unpaired) electrons. The molecule has 8 heteroatoms. The van der Waals surface area contributed by atoms with E-state index < -0.39 is 0 Å². The topological polar surface area (TPSA) is 77.9 Å². The van der Waals surface area contributed by atoms with Crippen molar-refractivity contribution in [2.24, 2.45) is 0 Å². The highest BCUT2D eigenvalue weighted by Gasteiger charge is 2.21. The molecule has 1 fully saturated rings. The number of nitro groups is 1. The second-order valence-corrected chi connectivity index (χ2v) is 6.74. The van der Waals surface area contributed by atoms with Crippen molar-refractivity contribution in [3.8, 4) is 5.75 Å². The number of hydrogen-bond acceptors (Lipinski definition) is 5. The summed E-state index contributed by atoms with van der Waals surface area (Å²) in [6.45, 7) is 4.60. The number of nitrogens with zero attached hydrogens (tertiary/aromatic N) is 4. The summed E-state index contributed by atoms with van der Waals surface area (Å²) < 4.78 is 7.09. The SMILES string of the molecule is COc1ccc(N2CC[NH+](Cn3ncc4ccc([N+](=O)[O-])cc43)CC2)cc1. The predicted molar refractivity (Wildman–Crippen MR) is 102 cm³/mol. The van der Waals surface area contributed by atoms with Crippen LogP contribution in [0.4, 0.5) is 11.4 Å². The number of methoxy groups -OCH3 is 1. The molecule has 4 rings (SSSR count). The molecule has 3 aromatic rings. The third-order valence-corrected chi connectivity index (χ3v) is 5.12. The number of non-ortho nitro benzene ring substituents is 1. The Morgan fingerprint density at radius 2 is 1.93 bits per heavy atom. The summed E-state index contributed by atoms with van der Waals surface area (Å²) in [6, 6.07) is 13.0. The van der Waals surface area contributed by atoms with Gasteiger partial charge in [0.25, 0.3) is 5.69 Å². The fourth-order valence-electron chi connectivity index (χ4n) is 3.54. The van der Waals surface area contributed by atoms with Gasteiger partial charge in [0.15, 0.2) is 6.67 Å². The number of quaternary nitrogens is 1. The Kier molecular flexibility index (Phi) is 4.64. The molecule has 0 saturated carbocycles. The lowest BCUT2D eigenvalue weighted by molar-refractivity contribution is -0.923. The summed E-state index contributed by atoms with van der Waals surface area (Å²) in [5.41, 5.74) is 2.12. The lowest BCUT2D eigenvalue weighted by atomic mass is 10.2. The van der Waals surface area contributed by atoms with E-state index in [-0.39, 0.29) is 10.6 Å². The summed E-state index contributed by atoms with van der Waals surface area (Å²) in [7, 11) is 1.67. The fraction of sp³-hybridized carbons (Fsp3) is 0.316. The monoisotopic (exact) mass is 368 g/mol. The molecule has 2 aromatic carbocycles. The van der Waals surface area contributed by atoms with Gasteiger partial charge in [0.1, 0.15) is 5.75 Å². The molecule has 0 bridgehead atoms. The molecule has 1 N–H and O–H groups in total. The number of nitro benzene ring substituents is 1. The molecule has 0 amide bonds. The van der Waals surface area contributed by atoms with E-state index in [1.165, 1.54) is 16.7 Å². The van der Waals surface area contributed by atoms with Gasteiger partial charge in [-0.25, -0.2) is 4.68 Å². The Balaban J connectivity index is 1.42. The van der Waals surface area contributed by atoms with Gasteiger partial charge in [-0.05, 0) is 30.3 Å². The number of piperazine rings is 1. The van der Waals surface area contributed by atoms with E-state index in [0.29, 0.717) is 6.67 Å². The van der Waals surface area contributed by atoms with Crippen LogP contribution < -0.4 is 14.5 Å². The van der Waals surface area contributed by atoms with Crippen molar-refractivity contribution >= 4 is 22.3 Å². The standard InChI is InChI=1S/C19H21N5O3/c1-27-18-6-4-16(5-7-18)22-10-8-21(9-11-22)14-23-19-12-17(24(25)26)3-2-15(19)13-20-23/h2-7,12-13H,8-11,14H2,1H3/p+1. The van der Waals surface area contributed by atoms with Crippen LogP contribution in [0.3, 0.4) is 0 Å². The molecule has 1 aliphatic rings. The number of hydrogen-bond donors (Lipinski definition) is 1. The van der Waals surface area contributed by atoms with E-state index in [9.17, 15) is 10.1 Å². The molecule has 8 nitrogen and oxygen atoms in total. The van der Waals surface area contributed by atoms with E-state index in [1.54, 1.807) is 25.4 Å². The van der Waals surface area contributed by atoms with Crippen molar-refractivity contribution in [2.45, 2.75) is 6.67 Å². The molecule has 27 heavy (non-hydrogen) atoms. The van der Waals surface area contributed by atoms with Crippen LogP contribution in [0, 0.1) is 10.1 Å². The van der Waals surface area contributed by atoms with Crippen LogP contribution >= 0.6 is 0 Å². The van der Waals surface area contributed by atoms with Crippen LogP contribution in [0.2, 0.25) is 0 Å². The van der Waals surface area contributed by atoms with Crippen LogP contribution in [0.5, 0.6) is 5.75 Å². The Morgan fingerprint density at radius 3 is 2.59 bits per heavy atom. The number of anilines is 1. The average Bonchev–Trinajstić information content (AvgIpc) is 3.11. The molecule has 0 aliphatic carbocycles. The smallest absolute Gasteiger partial charge is 0.271 e. The summed E-state index contributed by atoms with van der Waals surface area (Å²) in [6.07, 6.45) is 1.77. The van der Waals surface area contributed by atoms with Crippen LogP contribution in [0.25, 0.3) is 10.9 Å². The van der Waals surface area contributed by atoms with Crippen molar-refractivity contribution in [1.82, 2.24) is 9.78 Å². The fourth-order valence-corrected chi connectivity index (χ4v) is 3.54. The third kappa shape index (κ3) is 3.56. The van der Waals surface area contributed by atoms with Gasteiger partial charge in [-0.2, -0.15) is 5.10 Å². The molecule has 1 saturated heterocycles. The molecular weight excluding hydrogens is 346 g/mol. The minimum atomic E-state index is -0.364. The Bertz CT molecular complexity index is 946. The first-order chi connectivity index (χ1) is 13.1. The third-order valence-electron chi connectivity index (χ3n) is 5.12. The van der Waals surface area contributed by atoms with Gasteiger partial charge in [0.05, 0.1) is 49.9 Å². The largest absolute Gasteiger partial charge is 0.497 e. The Morgan fingerprint density at radius 1 is 1.19 bits per heavy atom. The number of rotatable bonds is 5. The molecular formula is C19H22N5O3+. The second-order valence-electron chi connectivity index (χ2n) is 6.74. The maximum absolute atomic E-state index is 11.0. The van der Waals surface area contributed by atoms with Gasteiger partial charge in [0.2, 0.25) is 0 Å². The van der Waals surface area contributed by atoms with E-state index in [1.807, 2.05) is 16.8 Å². The predicted octanol–water partition coefficient (Wildman–Crippen LogP) is 1.32. The Labute approximate surface area is 156 Å². The van der Waals surface area contributed by atoms with Crippen molar-refractivity contribution in [3.05, 3.63) is 58.8 Å². The number of nitrogens with one attached hydrogen (secondary N) is 1. The lowest BCUT2D eigenvalue weighted by Crippen LogP contribution is -3.14. The number of ether oxygens (including phenoxy) is 1. The summed E-state index contributed by atoms with van der Waals surface area (Å²) in [4.78, 5) is 14.5. The highest BCUT2D eigenvalue weighted by atomic mass is 16.6. The van der Waals surface area contributed by atoms with E-state index in [2.05, 4.69) is 22.1 Å². The molecule has 0 spiro atoms. The number of aromatic nitrogens is 2. The molecule has 140 valence electrons. The zero-order valence-electron chi connectivity index (χ0n) is 15.2. The van der Waals surface area contributed by atoms with E-state index >= 15 is 0 Å². The first-order valence-electron chi connectivity index (χ1n) is 8.96. The molecule has 1 aliphatic heterocycles. The summed E-state index contributed by atoms with van der Waals surface area (Å²) in [5, 5.41) is 16.4. The van der Waals surface area contributed by atoms with Gasteiger partial charge >= 0.3 is 0 Å². The van der Waals surface area contributed by atoms with Gasteiger partial charge < -0.3 is 14.5 Å². The van der Waals surface area contributed by atoms with Crippen molar-refractivity contribution in [3.63, 3.8) is 0 Å². The molecule has 1 aromatic heterocycles. The highest BCUT2D eigenvalue weighted by molar-refractivity contribution is 5.80. The normalized spacial score (nSPS) is 15.2. The van der Waals surface area contributed by atoms with Crippen molar-refractivity contribution in [1.29, 1.82) is 0 Å². The summed E-state index contributed by atoms with van der Waals surface area (Å²) in [5.74, 6) is 0.864. The number of fused-ring (bicyclic) bond motifs is 1. The molecule has 0 unspecified atom stereocenters. The molecule has 0 atom stereocenters. The maximum Gasteiger partial charge on any atom is 0.271 e. The van der Waals surface area contributed by atoms with Crippen LogP contribution in [-0.4, -0.2) is 48.0 Å². The minimum Gasteiger partial charge on any atom is -0.497 e. The van der Waals surface area contributed by atoms with Gasteiger partial charge in [-0.1, -0.05) is 0 Å². The minimum absolute atomic E-state index is 0.101. The zero-order valence-corrected chi connectivity index (χ0v) is 15.2. The quantitative estimate of drug-likeness (QED) is 0.543. The van der Waals surface area contributed by atoms with Crippen molar-refractivity contribution < 1.29 is 14.6 Å². The van der Waals surface area contributed by atoms with Gasteiger partial charge in [-0.15, -0.1) is 0 Å². The van der Waals surface area contributed by atoms with Gasteiger partial charge in [-0.3, -0.25) is 10.1 Å². The average molecular weight is 368 g/mol. The first kappa shape index (κ1) is 17.3. The van der Waals surface area contributed by atoms with Gasteiger partial charge in [0, 0.05) is 23.2 Å². The van der Waals surface area contributed by atoms with Crippen LogP contribution in [-0.2, 0) is 6.67 Å². The molecule has 2 heterocycles. The van der Waals surface area contributed by atoms with Crippen molar-refractivity contribution in [2.75, 3.05) is 38.2 Å². The van der Waals surface area contributed by atoms with Crippen LogP contribution in [0.1, 0.15) is 0 Å². The van der Waals surface area contributed by atoms with E-state index in [4.69, 9.17) is 4.74 Å². The van der Waals surface area contributed by atoms with Crippen LogP contribution in [0.15, 0.2) is 48.7 Å². The lowest BCUT2D eigenvalue weighted by Gasteiger charge is -2.33. The highest BCUT2D eigenvalue weighted by Crippen LogP contribution is 2.21. The zero-order chi connectivity index (χ0) is 18.8. The Hall–Kier alpha value is -3.13.